The van der Waals surface area contributed by atoms with E-state index in [1.165, 1.54) is 18.3 Å². The maximum atomic E-state index is 11.3. The number of anilines is 2. The van der Waals surface area contributed by atoms with Crippen LogP contribution in [0, 0.1) is 6.92 Å². The molecule has 0 aliphatic rings. The summed E-state index contributed by atoms with van der Waals surface area (Å²) in [6.07, 6.45) is 1.74. The highest BCUT2D eigenvalue weighted by Crippen LogP contribution is 2.33. The molecule has 3 heterocycles. The number of pyridine rings is 2. The molecule has 0 radical (unpaired) electrons. The summed E-state index contributed by atoms with van der Waals surface area (Å²) in [5.41, 5.74) is 2.35. The summed E-state index contributed by atoms with van der Waals surface area (Å²) in [4.78, 5) is 25.5. The lowest BCUT2D eigenvalue weighted by Gasteiger charge is -2.08. The van der Waals surface area contributed by atoms with Gasteiger partial charge in [0.25, 0.3) is 0 Å². The zero-order chi connectivity index (χ0) is 19.4. The molecule has 1 amide bonds. The van der Waals surface area contributed by atoms with E-state index >= 15 is 0 Å². The molecule has 0 spiro atoms. The first-order valence-corrected chi connectivity index (χ1v) is 9.32. The van der Waals surface area contributed by atoms with Gasteiger partial charge in [-0.15, -0.1) is 11.3 Å². The number of aromatic nitrogens is 3. The first-order chi connectivity index (χ1) is 13.0. The van der Waals surface area contributed by atoms with Crippen LogP contribution in [0.25, 0.3) is 10.6 Å². The summed E-state index contributed by atoms with van der Waals surface area (Å²) < 4.78 is 0. The van der Waals surface area contributed by atoms with E-state index in [0.717, 1.165) is 15.4 Å². The van der Waals surface area contributed by atoms with Crippen LogP contribution in [0.1, 0.15) is 36.2 Å². The van der Waals surface area contributed by atoms with Crippen LogP contribution >= 0.6 is 11.3 Å². The van der Waals surface area contributed by atoms with Gasteiger partial charge in [-0.3, -0.25) is 4.79 Å². The Hall–Kier alpha value is -2.84. The highest BCUT2D eigenvalue weighted by Gasteiger charge is 2.18. The fraction of sp³-hybridized carbons (Fsp3) is 0.263. The van der Waals surface area contributed by atoms with Crippen LogP contribution in [0.4, 0.5) is 11.6 Å². The van der Waals surface area contributed by atoms with E-state index in [4.69, 9.17) is 0 Å². The van der Waals surface area contributed by atoms with Gasteiger partial charge in [0.05, 0.1) is 28.9 Å². The molecule has 0 aromatic carbocycles. The summed E-state index contributed by atoms with van der Waals surface area (Å²) in [7, 11) is 0. The van der Waals surface area contributed by atoms with Gasteiger partial charge in [0.15, 0.2) is 0 Å². The molecule has 0 saturated heterocycles. The number of aryl methyl sites for hydroxylation is 1. The molecular formula is C19H21N5O2S. The summed E-state index contributed by atoms with van der Waals surface area (Å²) in [5, 5.41) is 16.4. The SMILES string of the molecule is CC(=O)N[C@@H](C)c1nc(CO)c(-c2cccc(Nc3cc(C)ccn3)n2)s1. The summed E-state index contributed by atoms with van der Waals surface area (Å²) in [6.45, 7) is 5.13. The number of aliphatic hydroxyl groups is 1. The van der Waals surface area contributed by atoms with Gasteiger partial charge < -0.3 is 15.7 Å². The smallest absolute Gasteiger partial charge is 0.217 e. The van der Waals surface area contributed by atoms with Crippen molar-refractivity contribution in [3.8, 4) is 10.6 Å². The average molecular weight is 383 g/mol. The fourth-order valence-electron chi connectivity index (χ4n) is 2.60. The number of thiazole rings is 1. The molecule has 3 rings (SSSR count). The molecule has 3 aromatic rings. The van der Waals surface area contributed by atoms with Crippen LogP contribution in [0.2, 0.25) is 0 Å². The Balaban J connectivity index is 1.90. The Morgan fingerprint density at radius 3 is 2.78 bits per heavy atom. The highest BCUT2D eigenvalue weighted by molar-refractivity contribution is 7.15. The third-order valence-corrected chi connectivity index (χ3v) is 5.11. The summed E-state index contributed by atoms with van der Waals surface area (Å²) in [6, 6.07) is 9.25. The Kier molecular flexibility index (Phi) is 5.78. The van der Waals surface area contributed by atoms with Gasteiger partial charge in [0.2, 0.25) is 5.91 Å². The first kappa shape index (κ1) is 18.9. The van der Waals surface area contributed by atoms with Crippen molar-refractivity contribution >= 4 is 28.9 Å². The van der Waals surface area contributed by atoms with Gasteiger partial charge >= 0.3 is 0 Å². The van der Waals surface area contributed by atoms with Gasteiger partial charge in [0, 0.05) is 13.1 Å². The molecule has 8 heteroatoms. The van der Waals surface area contributed by atoms with E-state index in [2.05, 4.69) is 25.6 Å². The number of carbonyl (C=O) groups is 1. The second-order valence-corrected chi connectivity index (χ2v) is 7.19. The Morgan fingerprint density at radius 1 is 1.26 bits per heavy atom. The van der Waals surface area contributed by atoms with Crippen molar-refractivity contribution in [2.24, 2.45) is 0 Å². The van der Waals surface area contributed by atoms with Crippen LogP contribution in [0.5, 0.6) is 0 Å². The number of hydrogen-bond donors (Lipinski definition) is 3. The average Bonchev–Trinajstić information content (AvgIpc) is 3.06. The highest BCUT2D eigenvalue weighted by atomic mass is 32.1. The lowest BCUT2D eigenvalue weighted by Crippen LogP contribution is -2.23. The van der Waals surface area contributed by atoms with E-state index in [1.54, 1.807) is 6.20 Å². The molecule has 0 aliphatic heterocycles. The third kappa shape index (κ3) is 4.66. The van der Waals surface area contributed by atoms with Crippen molar-refractivity contribution in [2.75, 3.05) is 5.32 Å². The van der Waals surface area contributed by atoms with E-state index in [-0.39, 0.29) is 18.6 Å². The predicted octanol–water partition coefficient (Wildman–Crippen LogP) is 3.34. The molecule has 7 nitrogen and oxygen atoms in total. The standard InChI is InChI=1S/C19H21N5O2S/c1-11-7-8-20-17(9-11)24-16-6-4-5-14(22-16)18-15(10-25)23-19(27-18)12(2)21-13(3)26/h4-9,12,25H,10H2,1-3H3,(H,21,26)(H,20,22,24)/t12-/m0/s1. The minimum atomic E-state index is -0.232. The number of hydrogen-bond acceptors (Lipinski definition) is 7. The zero-order valence-corrected chi connectivity index (χ0v) is 16.2. The van der Waals surface area contributed by atoms with Gasteiger partial charge in [-0.1, -0.05) is 6.07 Å². The van der Waals surface area contributed by atoms with Crippen molar-refractivity contribution in [2.45, 2.75) is 33.4 Å². The maximum Gasteiger partial charge on any atom is 0.217 e. The number of amides is 1. The van der Waals surface area contributed by atoms with E-state index < -0.39 is 0 Å². The number of rotatable bonds is 6. The van der Waals surface area contributed by atoms with E-state index in [0.29, 0.717) is 23.0 Å². The molecule has 0 aliphatic carbocycles. The molecule has 27 heavy (non-hydrogen) atoms. The maximum absolute atomic E-state index is 11.3. The second-order valence-electron chi connectivity index (χ2n) is 6.16. The fourth-order valence-corrected chi connectivity index (χ4v) is 3.64. The summed E-state index contributed by atoms with van der Waals surface area (Å²) in [5.74, 6) is 1.24. The molecule has 3 aromatic heterocycles. The van der Waals surface area contributed by atoms with Crippen LogP contribution in [0.15, 0.2) is 36.5 Å². The first-order valence-electron chi connectivity index (χ1n) is 8.51. The minimum absolute atomic E-state index is 0.125. The Bertz CT molecular complexity index is 957. The zero-order valence-electron chi connectivity index (χ0n) is 15.4. The van der Waals surface area contributed by atoms with Crippen molar-refractivity contribution in [1.82, 2.24) is 20.3 Å². The van der Waals surface area contributed by atoms with E-state index in [9.17, 15) is 9.90 Å². The monoisotopic (exact) mass is 383 g/mol. The van der Waals surface area contributed by atoms with Crippen molar-refractivity contribution < 1.29 is 9.90 Å². The molecule has 3 N–H and O–H groups in total. The van der Waals surface area contributed by atoms with Gasteiger partial charge in [-0.05, 0) is 43.7 Å². The Morgan fingerprint density at radius 2 is 2.07 bits per heavy atom. The lowest BCUT2D eigenvalue weighted by molar-refractivity contribution is -0.119. The molecular weight excluding hydrogens is 362 g/mol. The van der Waals surface area contributed by atoms with Crippen LogP contribution in [0.3, 0.4) is 0 Å². The molecule has 1 atom stereocenters. The third-order valence-electron chi connectivity index (χ3n) is 3.81. The van der Waals surface area contributed by atoms with Crippen molar-refractivity contribution in [1.29, 1.82) is 0 Å². The summed E-state index contributed by atoms with van der Waals surface area (Å²) >= 11 is 1.41. The largest absolute Gasteiger partial charge is 0.390 e. The molecule has 0 unspecified atom stereocenters. The number of nitrogens with one attached hydrogen (secondary N) is 2. The number of aliphatic hydroxyl groups excluding tert-OH is 1. The normalized spacial score (nSPS) is 11.9. The van der Waals surface area contributed by atoms with Crippen LogP contribution < -0.4 is 10.6 Å². The van der Waals surface area contributed by atoms with Crippen LogP contribution in [-0.4, -0.2) is 26.0 Å². The molecule has 0 fully saturated rings. The van der Waals surface area contributed by atoms with Gasteiger partial charge in [-0.25, -0.2) is 15.0 Å². The second kappa shape index (κ2) is 8.24. The topological polar surface area (TPSA) is 100 Å². The van der Waals surface area contributed by atoms with E-state index in [1.807, 2.05) is 44.2 Å². The number of nitrogens with zero attached hydrogens (tertiary/aromatic N) is 3. The molecule has 0 bridgehead atoms. The number of carbonyl (C=O) groups excluding carboxylic acids is 1. The van der Waals surface area contributed by atoms with Crippen molar-refractivity contribution in [3.63, 3.8) is 0 Å². The van der Waals surface area contributed by atoms with Gasteiger partial charge in [0.1, 0.15) is 16.6 Å². The lowest BCUT2D eigenvalue weighted by atomic mass is 10.2. The minimum Gasteiger partial charge on any atom is -0.390 e. The quantitative estimate of drug-likeness (QED) is 0.604. The van der Waals surface area contributed by atoms with Gasteiger partial charge in [-0.2, -0.15) is 0 Å². The van der Waals surface area contributed by atoms with Crippen LogP contribution in [-0.2, 0) is 11.4 Å². The van der Waals surface area contributed by atoms with Crippen molar-refractivity contribution in [3.05, 3.63) is 52.8 Å². The molecule has 0 saturated carbocycles. The Labute approximate surface area is 161 Å². The molecule has 140 valence electrons. The predicted molar refractivity (Wildman–Crippen MR) is 106 cm³/mol.